The van der Waals surface area contributed by atoms with E-state index >= 15 is 0 Å². The first-order valence-electron chi connectivity index (χ1n) is 9.48. The molecular formula is C22H19N5O2S. The van der Waals surface area contributed by atoms with Crippen LogP contribution in [0.3, 0.4) is 0 Å². The van der Waals surface area contributed by atoms with E-state index in [0.29, 0.717) is 17.5 Å². The second-order valence-electron chi connectivity index (χ2n) is 7.00. The van der Waals surface area contributed by atoms with Gasteiger partial charge in [0.2, 0.25) is 11.7 Å². The highest BCUT2D eigenvalue weighted by Gasteiger charge is 2.15. The molecule has 0 fully saturated rings. The van der Waals surface area contributed by atoms with E-state index in [1.807, 2.05) is 53.8 Å². The summed E-state index contributed by atoms with van der Waals surface area (Å²) in [7, 11) is 1.66. The van der Waals surface area contributed by atoms with Crippen molar-refractivity contribution in [3.05, 3.63) is 65.5 Å². The van der Waals surface area contributed by atoms with E-state index in [4.69, 9.17) is 9.26 Å². The lowest BCUT2D eigenvalue weighted by Crippen LogP contribution is -1.95. The van der Waals surface area contributed by atoms with Gasteiger partial charge in [0.05, 0.1) is 18.4 Å². The number of methoxy groups -OCH3 is 1. The third kappa shape index (κ3) is 3.19. The number of aromatic nitrogens is 5. The molecule has 2 aromatic carbocycles. The van der Waals surface area contributed by atoms with Gasteiger partial charge in [-0.05, 0) is 43.2 Å². The Morgan fingerprint density at radius 3 is 2.73 bits per heavy atom. The quantitative estimate of drug-likeness (QED) is 0.378. The molecular weight excluding hydrogens is 398 g/mol. The monoisotopic (exact) mass is 417 g/mol. The molecule has 0 amide bonds. The third-order valence-corrected chi connectivity index (χ3v) is 5.97. The van der Waals surface area contributed by atoms with Gasteiger partial charge >= 0.3 is 0 Å². The van der Waals surface area contributed by atoms with Crippen LogP contribution in [-0.2, 0) is 5.75 Å². The minimum atomic E-state index is 0.499. The normalized spacial score (nSPS) is 11.4. The molecule has 0 atom stereocenters. The lowest BCUT2D eigenvalue weighted by molar-refractivity contribution is 0.391. The van der Waals surface area contributed by atoms with Gasteiger partial charge in [0.25, 0.3) is 0 Å². The number of thioether (sulfide) groups is 1. The van der Waals surface area contributed by atoms with Crippen molar-refractivity contribution in [1.29, 1.82) is 0 Å². The molecule has 150 valence electrons. The summed E-state index contributed by atoms with van der Waals surface area (Å²) in [4.78, 5) is 4.55. The molecule has 0 saturated carbocycles. The van der Waals surface area contributed by atoms with E-state index < -0.39 is 0 Å². The van der Waals surface area contributed by atoms with Gasteiger partial charge in [-0.15, -0.1) is 10.2 Å². The lowest BCUT2D eigenvalue weighted by Gasteiger charge is -2.09. The standard InChI is InChI=1S/C22H19N5O2S/c1-13-6-4-5-7-17(13)21-23-20(29-26-21)12-30-22-25-24-19-10-14(2)16-9-8-15(28-3)11-18(16)27(19)22/h4-11H,12H2,1-3H3. The molecule has 0 aliphatic heterocycles. The zero-order valence-corrected chi connectivity index (χ0v) is 17.6. The van der Waals surface area contributed by atoms with Crippen molar-refractivity contribution in [2.45, 2.75) is 24.8 Å². The molecule has 30 heavy (non-hydrogen) atoms. The summed E-state index contributed by atoms with van der Waals surface area (Å²) >= 11 is 1.51. The topological polar surface area (TPSA) is 78.3 Å². The average Bonchev–Trinajstić information content (AvgIpc) is 3.39. The van der Waals surface area contributed by atoms with Crippen molar-refractivity contribution in [3.8, 4) is 17.1 Å². The first-order valence-corrected chi connectivity index (χ1v) is 10.5. The molecule has 5 aromatic rings. The Morgan fingerprint density at radius 2 is 1.90 bits per heavy atom. The van der Waals surface area contributed by atoms with Crippen LogP contribution < -0.4 is 4.74 Å². The predicted molar refractivity (Wildman–Crippen MR) is 116 cm³/mol. The Kier molecular flexibility index (Phi) is 4.63. The van der Waals surface area contributed by atoms with Crippen LogP contribution >= 0.6 is 11.8 Å². The summed E-state index contributed by atoms with van der Waals surface area (Å²) in [6.07, 6.45) is 0. The second kappa shape index (κ2) is 7.46. The molecule has 0 saturated heterocycles. The maximum Gasteiger partial charge on any atom is 0.237 e. The average molecular weight is 417 g/mol. The number of hydrogen-bond acceptors (Lipinski definition) is 7. The number of ether oxygens (including phenoxy) is 1. The van der Waals surface area contributed by atoms with Crippen LogP contribution in [0.25, 0.3) is 27.9 Å². The van der Waals surface area contributed by atoms with Gasteiger partial charge < -0.3 is 9.26 Å². The van der Waals surface area contributed by atoms with Crippen LogP contribution in [-0.4, -0.2) is 31.8 Å². The number of nitrogens with zero attached hydrogens (tertiary/aromatic N) is 5. The van der Waals surface area contributed by atoms with Crippen molar-refractivity contribution < 1.29 is 9.26 Å². The molecule has 8 heteroatoms. The van der Waals surface area contributed by atoms with Crippen LogP contribution in [0.4, 0.5) is 0 Å². The zero-order chi connectivity index (χ0) is 20.7. The van der Waals surface area contributed by atoms with Crippen molar-refractivity contribution >= 4 is 28.3 Å². The van der Waals surface area contributed by atoms with E-state index in [9.17, 15) is 0 Å². The van der Waals surface area contributed by atoms with Gasteiger partial charge in [0.15, 0.2) is 10.8 Å². The van der Waals surface area contributed by atoms with Crippen LogP contribution in [0.1, 0.15) is 17.0 Å². The SMILES string of the molecule is COc1ccc2c(C)cc3nnc(SCc4nc(-c5ccccc5C)no4)n3c2c1. The summed E-state index contributed by atoms with van der Waals surface area (Å²) in [6, 6.07) is 16.0. The Labute approximate surface area is 177 Å². The summed E-state index contributed by atoms with van der Waals surface area (Å²) in [5, 5.41) is 14.8. The van der Waals surface area contributed by atoms with Crippen LogP contribution in [0.5, 0.6) is 5.75 Å². The van der Waals surface area contributed by atoms with E-state index in [2.05, 4.69) is 33.3 Å². The predicted octanol–water partition coefficient (Wildman–Crippen LogP) is 4.85. The van der Waals surface area contributed by atoms with Gasteiger partial charge in [-0.3, -0.25) is 4.40 Å². The Morgan fingerprint density at radius 1 is 1.03 bits per heavy atom. The molecule has 3 aromatic heterocycles. The Balaban J connectivity index is 1.48. The summed E-state index contributed by atoms with van der Waals surface area (Å²) < 4.78 is 12.9. The molecule has 0 spiro atoms. The fourth-order valence-corrected chi connectivity index (χ4v) is 4.29. The first kappa shape index (κ1) is 18.6. The maximum atomic E-state index is 5.47. The van der Waals surface area contributed by atoms with E-state index in [1.165, 1.54) is 11.8 Å². The van der Waals surface area contributed by atoms with Gasteiger partial charge in [0, 0.05) is 17.0 Å². The van der Waals surface area contributed by atoms with Crippen LogP contribution in [0.15, 0.2) is 58.2 Å². The molecule has 0 aliphatic carbocycles. The number of fused-ring (bicyclic) bond motifs is 3. The number of pyridine rings is 1. The second-order valence-corrected chi connectivity index (χ2v) is 7.94. The van der Waals surface area contributed by atoms with Crippen molar-refractivity contribution in [2.24, 2.45) is 0 Å². The Bertz CT molecular complexity index is 1380. The van der Waals surface area contributed by atoms with Crippen LogP contribution in [0, 0.1) is 13.8 Å². The van der Waals surface area contributed by atoms with E-state index in [0.717, 1.165) is 44.1 Å². The van der Waals surface area contributed by atoms with E-state index in [-0.39, 0.29) is 0 Å². The lowest BCUT2D eigenvalue weighted by atomic mass is 10.1. The fraction of sp³-hybridized carbons (Fsp3) is 0.182. The van der Waals surface area contributed by atoms with Crippen LogP contribution in [0.2, 0.25) is 0 Å². The summed E-state index contributed by atoms with van der Waals surface area (Å²) in [5.41, 5.74) is 5.02. The highest BCUT2D eigenvalue weighted by molar-refractivity contribution is 7.98. The minimum absolute atomic E-state index is 0.499. The van der Waals surface area contributed by atoms with Gasteiger partial charge in [-0.25, -0.2) is 0 Å². The fourth-order valence-electron chi connectivity index (χ4n) is 3.50. The number of aryl methyl sites for hydroxylation is 2. The van der Waals surface area contributed by atoms with Crippen molar-refractivity contribution in [1.82, 2.24) is 24.7 Å². The minimum Gasteiger partial charge on any atom is -0.497 e. The molecule has 5 rings (SSSR count). The molecule has 0 bridgehead atoms. The highest BCUT2D eigenvalue weighted by atomic mass is 32.2. The number of benzene rings is 2. The molecule has 0 aliphatic rings. The summed E-state index contributed by atoms with van der Waals surface area (Å²) in [5.74, 6) is 2.43. The largest absolute Gasteiger partial charge is 0.497 e. The molecule has 0 unspecified atom stereocenters. The highest BCUT2D eigenvalue weighted by Crippen LogP contribution is 2.30. The van der Waals surface area contributed by atoms with Crippen molar-refractivity contribution in [3.63, 3.8) is 0 Å². The van der Waals surface area contributed by atoms with Crippen molar-refractivity contribution in [2.75, 3.05) is 7.11 Å². The molecule has 0 radical (unpaired) electrons. The van der Waals surface area contributed by atoms with Gasteiger partial charge in [-0.1, -0.05) is 41.2 Å². The number of rotatable bonds is 5. The first-order chi connectivity index (χ1) is 14.6. The third-order valence-electron chi connectivity index (χ3n) is 5.05. The van der Waals surface area contributed by atoms with E-state index in [1.54, 1.807) is 7.11 Å². The zero-order valence-electron chi connectivity index (χ0n) is 16.8. The Hall–Kier alpha value is -3.39. The smallest absolute Gasteiger partial charge is 0.237 e. The summed E-state index contributed by atoms with van der Waals surface area (Å²) in [6.45, 7) is 4.10. The number of hydrogen-bond donors (Lipinski definition) is 0. The van der Waals surface area contributed by atoms with Gasteiger partial charge in [-0.2, -0.15) is 4.98 Å². The molecule has 7 nitrogen and oxygen atoms in total. The molecule has 3 heterocycles. The molecule has 0 N–H and O–H groups in total. The maximum absolute atomic E-state index is 5.47. The van der Waals surface area contributed by atoms with Gasteiger partial charge in [0.1, 0.15) is 5.75 Å².